The van der Waals surface area contributed by atoms with Crippen molar-refractivity contribution in [1.82, 2.24) is 0 Å². The third-order valence-electron chi connectivity index (χ3n) is 5.23. The number of hydrogen-bond acceptors (Lipinski definition) is 7. The number of rotatable bonds is 5. The predicted octanol–water partition coefficient (Wildman–Crippen LogP) is 3.88. The number of anilines is 2. The van der Waals surface area contributed by atoms with Crippen molar-refractivity contribution in [2.24, 2.45) is 0 Å². The van der Waals surface area contributed by atoms with Gasteiger partial charge in [0.15, 0.2) is 0 Å². The summed E-state index contributed by atoms with van der Waals surface area (Å²) in [7, 11) is 3.76. The van der Waals surface area contributed by atoms with Crippen LogP contribution >= 0.6 is 0 Å². The first-order valence-electron chi connectivity index (χ1n) is 9.66. The van der Waals surface area contributed by atoms with Crippen LogP contribution in [0.3, 0.4) is 0 Å². The minimum Gasteiger partial charge on any atom is -0.507 e. The Morgan fingerprint density at radius 2 is 1.81 bits per heavy atom. The average Bonchev–Trinajstić information content (AvgIpc) is 3.40. The van der Waals surface area contributed by atoms with E-state index in [1.54, 1.807) is 36.4 Å². The van der Waals surface area contributed by atoms with E-state index in [-0.39, 0.29) is 22.6 Å². The molecule has 1 fully saturated rings. The molecule has 0 bridgehead atoms. The molecular weight excluding hydrogens is 414 g/mol. The second-order valence-corrected chi connectivity index (χ2v) is 7.40. The van der Waals surface area contributed by atoms with E-state index in [4.69, 9.17) is 4.42 Å². The van der Waals surface area contributed by atoms with E-state index in [0.29, 0.717) is 5.69 Å². The maximum atomic E-state index is 13.0. The zero-order valence-electron chi connectivity index (χ0n) is 17.3. The molecular formula is C23H19N3O6. The van der Waals surface area contributed by atoms with E-state index in [1.165, 1.54) is 29.4 Å². The molecule has 0 saturated carbocycles. The highest BCUT2D eigenvalue weighted by atomic mass is 16.6. The molecule has 0 radical (unpaired) electrons. The molecule has 9 heteroatoms. The fraction of sp³-hybridized carbons (Fsp3) is 0.130. The number of aliphatic hydroxyl groups is 1. The topological polar surface area (TPSA) is 117 Å². The maximum absolute atomic E-state index is 13.0. The summed E-state index contributed by atoms with van der Waals surface area (Å²) in [4.78, 5) is 39.7. The number of nitrogens with zero attached hydrogens (tertiary/aromatic N) is 3. The molecule has 1 unspecified atom stereocenters. The molecule has 0 spiro atoms. The zero-order chi connectivity index (χ0) is 23.0. The lowest BCUT2D eigenvalue weighted by molar-refractivity contribution is -0.384. The summed E-state index contributed by atoms with van der Waals surface area (Å²) in [5, 5.41) is 22.1. The Balaban J connectivity index is 1.88. The average molecular weight is 433 g/mol. The van der Waals surface area contributed by atoms with Gasteiger partial charge in [0, 0.05) is 43.2 Å². The summed E-state index contributed by atoms with van der Waals surface area (Å²) in [6.45, 7) is 0. The molecule has 2 aromatic carbocycles. The van der Waals surface area contributed by atoms with Crippen molar-refractivity contribution in [3.8, 4) is 0 Å². The van der Waals surface area contributed by atoms with Gasteiger partial charge in [0.1, 0.15) is 17.6 Å². The Kier molecular flexibility index (Phi) is 5.23. The summed E-state index contributed by atoms with van der Waals surface area (Å²) in [6.07, 6.45) is 1.40. The number of aliphatic hydroxyl groups excluding tert-OH is 1. The monoisotopic (exact) mass is 433 g/mol. The number of nitro benzene ring substituents is 1. The highest BCUT2D eigenvalue weighted by molar-refractivity contribution is 6.51. The summed E-state index contributed by atoms with van der Waals surface area (Å²) in [5.74, 6) is -1.99. The van der Waals surface area contributed by atoms with E-state index >= 15 is 0 Å². The normalized spacial score (nSPS) is 17.6. The molecule has 1 N–H and O–H groups in total. The molecule has 2 heterocycles. The van der Waals surface area contributed by atoms with Crippen molar-refractivity contribution in [3.63, 3.8) is 0 Å². The number of carbonyl (C=O) groups excluding carboxylic acids is 2. The lowest BCUT2D eigenvalue weighted by Gasteiger charge is -2.24. The van der Waals surface area contributed by atoms with Gasteiger partial charge >= 0.3 is 0 Å². The van der Waals surface area contributed by atoms with Crippen LogP contribution in [-0.4, -0.2) is 35.8 Å². The van der Waals surface area contributed by atoms with E-state index < -0.39 is 28.4 Å². The lowest BCUT2D eigenvalue weighted by Crippen LogP contribution is -2.29. The Labute approximate surface area is 182 Å². The Bertz CT molecular complexity index is 1230. The quantitative estimate of drug-likeness (QED) is 0.213. The van der Waals surface area contributed by atoms with Crippen LogP contribution in [0.1, 0.15) is 17.4 Å². The van der Waals surface area contributed by atoms with E-state index in [1.807, 2.05) is 19.0 Å². The highest BCUT2D eigenvalue weighted by Gasteiger charge is 2.48. The first-order valence-corrected chi connectivity index (χ1v) is 9.66. The molecule has 1 aliphatic rings. The lowest BCUT2D eigenvalue weighted by atomic mass is 9.99. The van der Waals surface area contributed by atoms with Crippen LogP contribution in [-0.2, 0) is 9.59 Å². The van der Waals surface area contributed by atoms with Gasteiger partial charge in [-0.2, -0.15) is 0 Å². The van der Waals surface area contributed by atoms with Gasteiger partial charge in [-0.05, 0) is 36.4 Å². The molecule has 4 rings (SSSR count). The molecule has 1 atom stereocenters. The van der Waals surface area contributed by atoms with Gasteiger partial charge in [0.05, 0.1) is 16.8 Å². The molecule has 1 aromatic heterocycles. The molecule has 1 aliphatic heterocycles. The van der Waals surface area contributed by atoms with Crippen molar-refractivity contribution in [1.29, 1.82) is 0 Å². The molecule has 0 aliphatic carbocycles. The van der Waals surface area contributed by atoms with Crippen molar-refractivity contribution < 1.29 is 24.0 Å². The number of amides is 1. The van der Waals surface area contributed by atoms with Crippen molar-refractivity contribution in [2.45, 2.75) is 6.04 Å². The van der Waals surface area contributed by atoms with Crippen LogP contribution in [0.2, 0.25) is 0 Å². The van der Waals surface area contributed by atoms with Gasteiger partial charge in [-0.25, -0.2) is 0 Å². The molecule has 3 aromatic rings. The SMILES string of the molecule is CN(C)c1ccc(N2C(=O)C(=O)/C(=C(\O)c3cccc([N+](=O)[O-])c3)C2c2ccco2)cc1. The fourth-order valence-electron chi connectivity index (χ4n) is 3.65. The van der Waals surface area contributed by atoms with Crippen molar-refractivity contribution >= 4 is 34.5 Å². The fourth-order valence-corrected chi connectivity index (χ4v) is 3.65. The smallest absolute Gasteiger partial charge is 0.300 e. The predicted molar refractivity (Wildman–Crippen MR) is 117 cm³/mol. The number of ketones is 1. The molecule has 9 nitrogen and oxygen atoms in total. The first-order chi connectivity index (χ1) is 15.3. The highest BCUT2D eigenvalue weighted by Crippen LogP contribution is 2.42. The van der Waals surface area contributed by atoms with Gasteiger partial charge in [-0.1, -0.05) is 12.1 Å². The molecule has 162 valence electrons. The summed E-state index contributed by atoms with van der Waals surface area (Å²) >= 11 is 0. The van der Waals surface area contributed by atoms with Crippen LogP contribution < -0.4 is 9.80 Å². The van der Waals surface area contributed by atoms with Crippen molar-refractivity contribution in [3.05, 3.63) is 93.9 Å². The summed E-state index contributed by atoms with van der Waals surface area (Å²) in [5.41, 5.74) is 0.935. The van der Waals surface area contributed by atoms with Crippen LogP contribution in [0.25, 0.3) is 5.76 Å². The number of benzene rings is 2. The number of Topliss-reactive ketones (excluding diaryl/α,β-unsaturated/α-hetero) is 1. The van der Waals surface area contributed by atoms with Gasteiger partial charge in [0.2, 0.25) is 0 Å². The van der Waals surface area contributed by atoms with Gasteiger partial charge in [0.25, 0.3) is 17.4 Å². The van der Waals surface area contributed by atoms with Crippen LogP contribution in [0.5, 0.6) is 0 Å². The Hall–Kier alpha value is -4.40. The molecule has 1 saturated heterocycles. The minimum atomic E-state index is -1.03. The van der Waals surface area contributed by atoms with Gasteiger partial charge in [-0.3, -0.25) is 24.6 Å². The maximum Gasteiger partial charge on any atom is 0.300 e. The number of carbonyl (C=O) groups is 2. The van der Waals surface area contributed by atoms with Crippen LogP contribution in [0, 0.1) is 10.1 Å². The number of hydrogen-bond donors (Lipinski definition) is 1. The minimum absolute atomic E-state index is 0.0525. The third kappa shape index (κ3) is 3.49. The van der Waals surface area contributed by atoms with Crippen LogP contribution in [0.4, 0.5) is 17.1 Å². The third-order valence-corrected chi connectivity index (χ3v) is 5.23. The number of non-ortho nitro benzene ring substituents is 1. The van der Waals surface area contributed by atoms with Crippen molar-refractivity contribution in [2.75, 3.05) is 23.9 Å². The second-order valence-electron chi connectivity index (χ2n) is 7.40. The Morgan fingerprint density at radius 3 is 2.41 bits per heavy atom. The standard InChI is InChI=1S/C23H19N3O6/c1-24(2)15-8-10-16(11-9-15)25-20(18-7-4-12-32-18)19(22(28)23(25)29)21(27)14-5-3-6-17(13-14)26(30)31/h3-13,20,27H,1-2H3/b21-19-. The number of nitro groups is 1. The first kappa shape index (κ1) is 20.9. The van der Waals surface area contributed by atoms with Gasteiger partial charge in [-0.15, -0.1) is 0 Å². The second kappa shape index (κ2) is 8.03. The number of furan rings is 1. The van der Waals surface area contributed by atoms with E-state index in [9.17, 15) is 24.8 Å². The van der Waals surface area contributed by atoms with Crippen LogP contribution in [0.15, 0.2) is 76.9 Å². The molecule has 32 heavy (non-hydrogen) atoms. The zero-order valence-corrected chi connectivity index (χ0v) is 17.3. The van der Waals surface area contributed by atoms with E-state index in [0.717, 1.165) is 11.8 Å². The largest absolute Gasteiger partial charge is 0.507 e. The summed E-state index contributed by atoms with van der Waals surface area (Å²) < 4.78 is 5.50. The van der Waals surface area contributed by atoms with Gasteiger partial charge < -0.3 is 14.4 Å². The van der Waals surface area contributed by atoms with E-state index in [2.05, 4.69) is 0 Å². The molecule has 1 amide bonds. The summed E-state index contributed by atoms with van der Waals surface area (Å²) in [6, 6.07) is 14.4. The Morgan fingerprint density at radius 1 is 1.09 bits per heavy atom.